The number of nitrogens with zero attached hydrogens (tertiary/aromatic N) is 3. The van der Waals surface area contributed by atoms with Crippen molar-refractivity contribution in [2.45, 2.75) is 63.4 Å². The highest BCUT2D eigenvalue weighted by molar-refractivity contribution is 7.80. The lowest BCUT2D eigenvalue weighted by Gasteiger charge is -2.11. The first kappa shape index (κ1) is 18.3. The Morgan fingerprint density at radius 3 is 2.48 bits per heavy atom. The molecule has 0 aliphatic rings. The first-order valence-corrected chi connectivity index (χ1v) is 9.05. The van der Waals surface area contributed by atoms with E-state index < -0.39 is 5.82 Å². The molecule has 1 aromatic heterocycles. The highest BCUT2D eigenvalue weighted by Gasteiger charge is 2.17. The molecule has 0 aliphatic carbocycles. The van der Waals surface area contributed by atoms with Gasteiger partial charge in [-0.15, -0.1) is 22.8 Å². The van der Waals surface area contributed by atoms with Gasteiger partial charge in [-0.3, -0.25) is 4.57 Å². The Morgan fingerprint density at radius 2 is 1.78 bits per heavy atom. The highest BCUT2D eigenvalue weighted by Crippen LogP contribution is 2.27. The molecule has 2 rings (SSSR count). The Labute approximate surface area is 147 Å². The zero-order valence-corrected chi connectivity index (χ0v) is 15.1. The molecule has 3 nitrogen and oxygen atoms in total. The van der Waals surface area contributed by atoms with Crippen LogP contribution in [0.3, 0.4) is 0 Å². The van der Waals surface area contributed by atoms with Crippen LogP contribution in [-0.4, -0.2) is 14.8 Å². The van der Waals surface area contributed by atoms with Gasteiger partial charge < -0.3 is 0 Å². The van der Waals surface area contributed by atoms with Crippen LogP contribution in [0.2, 0.25) is 5.02 Å². The van der Waals surface area contributed by atoms with E-state index in [4.69, 9.17) is 11.6 Å². The van der Waals surface area contributed by atoms with E-state index in [2.05, 4.69) is 29.7 Å². The van der Waals surface area contributed by atoms with Crippen molar-refractivity contribution in [1.82, 2.24) is 14.8 Å². The van der Waals surface area contributed by atoms with Crippen LogP contribution in [0.5, 0.6) is 0 Å². The molecule has 0 saturated carbocycles. The van der Waals surface area contributed by atoms with Crippen molar-refractivity contribution in [2.24, 2.45) is 0 Å². The smallest absolute Gasteiger partial charge is 0.192 e. The number of hydrogen-bond acceptors (Lipinski definition) is 3. The minimum Gasteiger partial charge on any atom is -0.270 e. The summed E-state index contributed by atoms with van der Waals surface area (Å²) in [4.78, 5) is 0. The molecule has 23 heavy (non-hydrogen) atoms. The molecular weight excluding hydrogens is 333 g/mol. The largest absolute Gasteiger partial charge is 0.270 e. The molecule has 0 saturated heterocycles. The number of benzene rings is 1. The van der Waals surface area contributed by atoms with Gasteiger partial charge in [-0.25, -0.2) is 4.39 Å². The van der Waals surface area contributed by atoms with Crippen LogP contribution in [0.4, 0.5) is 4.39 Å². The van der Waals surface area contributed by atoms with Gasteiger partial charge in [0, 0.05) is 6.42 Å². The van der Waals surface area contributed by atoms with Gasteiger partial charge in [0.1, 0.15) is 17.3 Å². The minimum absolute atomic E-state index is 0.280. The summed E-state index contributed by atoms with van der Waals surface area (Å²) in [7, 11) is 0. The van der Waals surface area contributed by atoms with E-state index in [0.717, 1.165) is 19.3 Å². The fourth-order valence-electron chi connectivity index (χ4n) is 2.64. The quantitative estimate of drug-likeness (QED) is 0.466. The normalized spacial score (nSPS) is 11.1. The number of unbranched alkanes of at least 4 members (excludes halogenated alkanes) is 6. The van der Waals surface area contributed by atoms with Crippen molar-refractivity contribution in [3.63, 3.8) is 0 Å². The monoisotopic (exact) mass is 355 g/mol. The van der Waals surface area contributed by atoms with Crippen molar-refractivity contribution in [1.29, 1.82) is 0 Å². The van der Waals surface area contributed by atoms with E-state index >= 15 is 0 Å². The molecule has 2 aromatic rings. The molecule has 0 amide bonds. The van der Waals surface area contributed by atoms with E-state index in [1.165, 1.54) is 38.2 Å². The van der Waals surface area contributed by atoms with Crippen LogP contribution in [0.25, 0.3) is 5.69 Å². The number of halogens is 2. The summed E-state index contributed by atoms with van der Waals surface area (Å²) in [5, 5.41) is 8.79. The van der Waals surface area contributed by atoms with Crippen molar-refractivity contribution in [2.75, 3.05) is 0 Å². The fourth-order valence-corrected chi connectivity index (χ4v) is 3.15. The number of para-hydroxylation sites is 1. The van der Waals surface area contributed by atoms with Crippen LogP contribution in [0.15, 0.2) is 23.4 Å². The third-order valence-electron chi connectivity index (χ3n) is 3.88. The second-order valence-corrected chi connectivity index (χ2v) is 6.50. The molecule has 126 valence electrons. The summed E-state index contributed by atoms with van der Waals surface area (Å²) in [6, 6.07) is 4.62. The predicted molar refractivity (Wildman–Crippen MR) is 95.3 cm³/mol. The van der Waals surface area contributed by atoms with Gasteiger partial charge in [0.2, 0.25) is 0 Å². The van der Waals surface area contributed by atoms with Gasteiger partial charge in [0.05, 0.1) is 5.02 Å². The molecule has 0 aliphatic heterocycles. The standard InChI is InChI=1S/C17H23ClFN3S/c1-2-3-4-5-6-7-8-12-15-20-21-17(23)22(15)16-13(18)10-9-11-14(16)19/h9-11H,2-8,12H2,1H3,(H,21,23). The molecule has 0 bridgehead atoms. The van der Waals surface area contributed by atoms with Gasteiger partial charge in [0.15, 0.2) is 5.16 Å². The lowest BCUT2D eigenvalue weighted by Crippen LogP contribution is -2.05. The summed E-state index contributed by atoms with van der Waals surface area (Å²) >= 11 is 10.4. The SMILES string of the molecule is CCCCCCCCCc1nnc(S)n1-c1c(F)cccc1Cl. The molecule has 1 aromatic carbocycles. The molecule has 6 heteroatoms. The van der Waals surface area contributed by atoms with E-state index in [-0.39, 0.29) is 5.69 Å². The van der Waals surface area contributed by atoms with Gasteiger partial charge in [-0.05, 0) is 18.6 Å². The van der Waals surface area contributed by atoms with Gasteiger partial charge in [0.25, 0.3) is 0 Å². The second-order valence-electron chi connectivity index (χ2n) is 5.69. The number of aromatic nitrogens is 3. The van der Waals surface area contributed by atoms with Crippen LogP contribution < -0.4 is 0 Å². The van der Waals surface area contributed by atoms with Crippen molar-refractivity contribution in [3.05, 3.63) is 34.9 Å². The average molecular weight is 356 g/mol. The lowest BCUT2D eigenvalue weighted by molar-refractivity contribution is 0.577. The number of aryl methyl sites for hydroxylation is 1. The molecule has 0 atom stereocenters. The summed E-state index contributed by atoms with van der Waals surface area (Å²) in [6.45, 7) is 2.22. The maximum atomic E-state index is 14.1. The van der Waals surface area contributed by atoms with Gasteiger partial charge in [-0.2, -0.15) is 0 Å². The van der Waals surface area contributed by atoms with E-state index in [1.807, 2.05) is 0 Å². The topological polar surface area (TPSA) is 30.7 Å². The minimum atomic E-state index is -0.395. The maximum absolute atomic E-state index is 14.1. The Kier molecular flexibility index (Phi) is 7.37. The summed E-state index contributed by atoms with van der Waals surface area (Å²) in [5.41, 5.74) is 0.280. The predicted octanol–water partition coefficient (Wildman–Crippen LogP) is 5.64. The van der Waals surface area contributed by atoms with Gasteiger partial charge in [-0.1, -0.05) is 63.1 Å². The Bertz CT molecular complexity index is 610. The average Bonchev–Trinajstić information content (AvgIpc) is 2.88. The molecule has 0 spiro atoms. The zero-order valence-electron chi connectivity index (χ0n) is 13.4. The number of hydrogen-bond donors (Lipinski definition) is 1. The van der Waals surface area contributed by atoms with E-state index in [1.54, 1.807) is 16.7 Å². The molecule has 0 N–H and O–H groups in total. The molecule has 0 radical (unpaired) electrons. The number of rotatable bonds is 9. The van der Waals surface area contributed by atoms with Gasteiger partial charge >= 0.3 is 0 Å². The first-order valence-electron chi connectivity index (χ1n) is 8.22. The van der Waals surface area contributed by atoms with Crippen LogP contribution in [0, 0.1) is 5.82 Å². The first-order chi connectivity index (χ1) is 11.1. The van der Waals surface area contributed by atoms with Crippen molar-refractivity contribution < 1.29 is 4.39 Å². The molecule has 0 unspecified atom stereocenters. The summed E-state index contributed by atoms with van der Waals surface area (Å²) in [5.74, 6) is 0.309. The third kappa shape index (κ3) is 4.95. The van der Waals surface area contributed by atoms with E-state index in [9.17, 15) is 4.39 Å². The molecule has 0 fully saturated rings. The van der Waals surface area contributed by atoms with Crippen LogP contribution >= 0.6 is 24.2 Å². The summed E-state index contributed by atoms with van der Waals surface area (Å²) < 4.78 is 15.7. The van der Waals surface area contributed by atoms with Crippen molar-refractivity contribution >= 4 is 24.2 Å². The van der Waals surface area contributed by atoms with Crippen molar-refractivity contribution in [3.8, 4) is 5.69 Å². The third-order valence-corrected chi connectivity index (χ3v) is 4.47. The maximum Gasteiger partial charge on any atom is 0.192 e. The Hall–Kier alpha value is -1.07. The molecular formula is C17H23ClFN3S. The van der Waals surface area contributed by atoms with Crippen LogP contribution in [-0.2, 0) is 6.42 Å². The highest BCUT2D eigenvalue weighted by atomic mass is 35.5. The lowest BCUT2D eigenvalue weighted by atomic mass is 10.1. The second kappa shape index (κ2) is 9.28. The number of thiol groups is 1. The molecule has 1 heterocycles. The zero-order chi connectivity index (χ0) is 16.7. The fraction of sp³-hybridized carbons (Fsp3) is 0.529. The summed E-state index contributed by atoms with van der Waals surface area (Å²) in [6.07, 6.45) is 9.26. The Balaban J connectivity index is 1.99. The Morgan fingerprint density at radius 1 is 1.09 bits per heavy atom. The van der Waals surface area contributed by atoms with E-state index in [0.29, 0.717) is 16.0 Å². The van der Waals surface area contributed by atoms with Crippen LogP contribution in [0.1, 0.15) is 57.7 Å².